The Labute approximate surface area is 227 Å². The van der Waals surface area contributed by atoms with Crippen LogP contribution in [0.15, 0.2) is 15.7 Å². The second kappa shape index (κ2) is 10.7. The molecule has 3 aromatic rings. The van der Waals surface area contributed by atoms with Gasteiger partial charge in [0.2, 0.25) is 0 Å². The summed E-state index contributed by atoms with van der Waals surface area (Å²) in [6.07, 6.45) is 3.61. The van der Waals surface area contributed by atoms with E-state index < -0.39 is 11.2 Å². The third kappa shape index (κ3) is 4.85. The monoisotopic (exact) mass is 532 g/mol. The van der Waals surface area contributed by atoms with Crippen LogP contribution >= 0.6 is 0 Å². The van der Waals surface area contributed by atoms with Crippen molar-refractivity contribution in [1.29, 1.82) is 0 Å². The lowest BCUT2D eigenvalue weighted by molar-refractivity contribution is 0.0794. The number of piperidine rings is 1. The Kier molecular flexibility index (Phi) is 7.32. The zero-order valence-corrected chi connectivity index (χ0v) is 23.2. The Balaban J connectivity index is 1.82. The number of anilines is 1. The van der Waals surface area contributed by atoms with Gasteiger partial charge in [-0.15, -0.1) is 5.92 Å². The molecule has 39 heavy (non-hydrogen) atoms. The van der Waals surface area contributed by atoms with Crippen molar-refractivity contribution >= 4 is 22.8 Å². The molecule has 206 valence electrons. The zero-order valence-electron chi connectivity index (χ0n) is 23.2. The minimum atomic E-state index is -0.522. The van der Waals surface area contributed by atoms with Gasteiger partial charge in [-0.1, -0.05) is 5.92 Å². The lowest BCUT2D eigenvalue weighted by Crippen LogP contribution is -2.44. The van der Waals surface area contributed by atoms with Crippen LogP contribution in [0.2, 0.25) is 0 Å². The zero-order chi connectivity index (χ0) is 27.8. The molecule has 0 aliphatic carbocycles. The lowest BCUT2D eigenvalue weighted by atomic mass is 10.1. The number of nitrogens with two attached hydrogens (primary N) is 1. The largest absolute Gasteiger partial charge is 0.356 e. The summed E-state index contributed by atoms with van der Waals surface area (Å²) in [5.41, 5.74) is 7.86. The molecule has 11 heteroatoms. The van der Waals surface area contributed by atoms with Crippen molar-refractivity contribution in [2.24, 2.45) is 12.8 Å². The van der Waals surface area contributed by atoms with Crippen LogP contribution in [-0.4, -0.2) is 66.7 Å². The number of hydrogen-bond acceptors (Lipinski definition) is 7. The second-order valence-corrected chi connectivity index (χ2v) is 10.6. The Bertz CT molecular complexity index is 1590. The van der Waals surface area contributed by atoms with Gasteiger partial charge < -0.3 is 20.1 Å². The van der Waals surface area contributed by atoms with Crippen LogP contribution in [0, 0.1) is 25.7 Å². The third-order valence-electron chi connectivity index (χ3n) is 7.62. The van der Waals surface area contributed by atoms with Crippen molar-refractivity contribution < 1.29 is 4.79 Å². The molecule has 2 N–H and O–H groups in total. The number of amides is 1. The molecule has 0 bridgehead atoms. The third-order valence-corrected chi connectivity index (χ3v) is 7.62. The van der Waals surface area contributed by atoms with Gasteiger partial charge in [-0.05, 0) is 52.5 Å². The van der Waals surface area contributed by atoms with Crippen LogP contribution in [0.1, 0.15) is 60.2 Å². The molecule has 2 aliphatic heterocycles. The molecule has 11 nitrogen and oxygen atoms in total. The Morgan fingerprint density at radius 3 is 2.38 bits per heavy atom. The standard InChI is InChI=1S/C28H36N8O3/c1-5-6-14-35-24-23(32(4)28(39)36(27(24)38)17-21-30-18(2)15-19(3)31-21)22(26(37)33-11-7-8-12-33)25(35)34-13-9-10-20(29)16-34/h15,20H,7-14,16-17,29H2,1-4H3/t20-/m1/s1. The number of hydrogen-bond donors (Lipinski definition) is 1. The van der Waals surface area contributed by atoms with E-state index in [4.69, 9.17) is 5.73 Å². The number of aromatic nitrogens is 5. The highest BCUT2D eigenvalue weighted by Gasteiger charge is 2.35. The van der Waals surface area contributed by atoms with Crippen LogP contribution in [0.5, 0.6) is 0 Å². The van der Waals surface area contributed by atoms with Gasteiger partial charge in [0, 0.05) is 50.7 Å². The predicted molar refractivity (Wildman–Crippen MR) is 150 cm³/mol. The molecule has 2 fully saturated rings. The maximum absolute atomic E-state index is 14.2. The van der Waals surface area contributed by atoms with Crippen LogP contribution in [0.3, 0.4) is 0 Å². The smallest absolute Gasteiger partial charge is 0.331 e. The summed E-state index contributed by atoms with van der Waals surface area (Å²) in [4.78, 5) is 54.8. The van der Waals surface area contributed by atoms with Gasteiger partial charge in [-0.2, -0.15) is 0 Å². The maximum atomic E-state index is 14.2. The molecule has 1 atom stereocenters. The molecule has 0 unspecified atom stereocenters. The first-order chi connectivity index (χ1) is 18.7. The van der Waals surface area contributed by atoms with Crippen molar-refractivity contribution in [3.05, 3.63) is 49.7 Å². The van der Waals surface area contributed by atoms with Crippen molar-refractivity contribution in [3.63, 3.8) is 0 Å². The Morgan fingerprint density at radius 2 is 1.74 bits per heavy atom. The molecule has 0 aromatic carbocycles. The van der Waals surface area contributed by atoms with Gasteiger partial charge in [-0.25, -0.2) is 14.8 Å². The lowest BCUT2D eigenvalue weighted by Gasteiger charge is -2.34. The fraction of sp³-hybridized carbons (Fsp3) is 0.536. The first-order valence-corrected chi connectivity index (χ1v) is 13.6. The van der Waals surface area contributed by atoms with E-state index in [-0.39, 0.29) is 30.6 Å². The van der Waals surface area contributed by atoms with Crippen molar-refractivity contribution in [2.75, 3.05) is 31.1 Å². The summed E-state index contributed by atoms with van der Waals surface area (Å²) in [5, 5.41) is 0. The van der Waals surface area contributed by atoms with Gasteiger partial charge in [0.05, 0.1) is 18.6 Å². The van der Waals surface area contributed by atoms with Crippen LogP contribution in [0.25, 0.3) is 11.0 Å². The molecule has 5 heterocycles. The number of fused-ring (bicyclic) bond motifs is 1. The summed E-state index contributed by atoms with van der Waals surface area (Å²) in [5.74, 6) is 6.84. The van der Waals surface area contributed by atoms with E-state index >= 15 is 0 Å². The molecule has 0 saturated carbocycles. The average Bonchev–Trinajstić information content (AvgIpc) is 3.55. The predicted octanol–water partition coefficient (Wildman–Crippen LogP) is 1.14. The van der Waals surface area contributed by atoms with Gasteiger partial charge in [-0.3, -0.25) is 18.7 Å². The first-order valence-electron chi connectivity index (χ1n) is 13.6. The highest BCUT2D eigenvalue weighted by atomic mass is 16.2. The van der Waals surface area contributed by atoms with Crippen LogP contribution < -0.4 is 21.9 Å². The second-order valence-electron chi connectivity index (χ2n) is 10.6. The number of aryl methyl sites for hydroxylation is 3. The molecular weight excluding hydrogens is 496 g/mol. The van der Waals surface area contributed by atoms with E-state index in [9.17, 15) is 14.4 Å². The highest BCUT2D eigenvalue weighted by Crippen LogP contribution is 2.34. The normalized spacial score (nSPS) is 17.5. The average molecular weight is 533 g/mol. The van der Waals surface area contributed by atoms with Crippen molar-refractivity contribution in [1.82, 2.24) is 28.6 Å². The first kappa shape index (κ1) is 26.7. The molecule has 3 aromatic heterocycles. The number of likely N-dealkylation sites (tertiary alicyclic amines) is 1. The van der Waals surface area contributed by atoms with Gasteiger partial charge in [0.1, 0.15) is 22.7 Å². The molecule has 5 rings (SSSR count). The number of carbonyl (C=O) groups is 1. The van der Waals surface area contributed by atoms with Crippen molar-refractivity contribution in [3.8, 4) is 11.8 Å². The number of nitrogens with zero attached hydrogens (tertiary/aromatic N) is 7. The van der Waals surface area contributed by atoms with Gasteiger partial charge >= 0.3 is 5.69 Å². The van der Waals surface area contributed by atoms with Crippen LogP contribution in [-0.2, 0) is 20.1 Å². The molecular formula is C28H36N8O3. The summed E-state index contributed by atoms with van der Waals surface area (Å²) in [6, 6.07) is 1.79. The molecule has 2 saturated heterocycles. The Morgan fingerprint density at radius 1 is 1.05 bits per heavy atom. The fourth-order valence-electron chi connectivity index (χ4n) is 5.90. The molecule has 0 radical (unpaired) electrons. The quantitative estimate of drug-likeness (QED) is 0.489. The summed E-state index contributed by atoms with van der Waals surface area (Å²) >= 11 is 0. The van der Waals surface area contributed by atoms with Crippen LogP contribution in [0.4, 0.5) is 5.82 Å². The van der Waals surface area contributed by atoms with E-state index in [2.05, 4.69) is 26.7 Å². The fourth-order valence-corrected chi connectivity index (χ4v) is 5.90. The Hall–Kier alpha value is -3.91. The molecule has 1 amide bonds. The highest BCUT2D eigenvalue weighted by molar-refractivity contribution is 6.11. The SMILES string of the molecule is CC#CCn1c(N2CCC[C@@H](N)C2)c(C(=O)N2CCCC2)c2c1c(=O)n(Cc1nc(C)cc(C)n1)c(=O)n2C. The van der Waals surface area contributed by atoms with Gasteiger partial charge in [0.25, 0.3) is 11.5 Å². The summed E-state index contributed by atoms with van der Waals surface area (Å²) in [7, 11) is 1.62. The molecule has 0 spiro atoms. The van der Waals surface area contributed by atoms with E-state index in [0.29, 0.717) is 48.9 Å². The minimum Gasteiger partial charge on any atom is -0.356 e. The number of rotatable bonds is 5. The van der Waals surface area contributed by atoms with Gasteiger partial charge in [0.15, 0.2) is 0 Å². The minimum absolute atomic E-state index is 0.0561. The number of carbonyl (C=O) groups excluding carboxylic acids is 1. The van der Waals surface area contributed by atoms with E-state index in [1.165, 1.54) is 4.57 Å². The topological polar surface area (TPSA) is 124 Å². The van der Waals surface area contributed by atoms with E-state index in [1.807, 2.05) is 29.4 Å². The van der Waals surface area contributed by atoms with E-state index in [1.54, 1.807) is 14.0 Å². The molecule has 2 aliphatic rings. The van der Waals surface area contributed by atoms with E-state index in [0.717, 1.165) is 41.6 Å². The summed E-state index contributed by atoms with van der Waals surface area (Å²) in [6.45, 7) is 8.11. The van der Waals surface area contributed by atoms with Crippen molar-refractivity contribution in [2.45, 2.75) is 65.6 Å². The maximum Gasteiger partial charge on any atom is 0.331 e. The summed E-state index contributed by atoms with van der Waals surface area (Å²) < 4.78 is 4.39.